The van der Waals surface area contributed by atoms with E-state index in [4.69, 9.17) is 10.5 Å². The molecule has 2 aliphatic heterocycles. The van der Waals surface area contributed by atoms with E-state index in [9.17, 15) is 19.6 Å². The maximum atomic E-state index is 15.0. The number of amides is 2. The summed E-state index contributed by atoms with van der Waals surface area (Å²) in [6.07, 6.45) is -0.346. The van der Waals surface area contributed by atoms with Gasteiger partial charge in [-0.1, -0.05) is 17.8 Å². The molecular weight excluding hydrogens is 506 g/mol. The van der Waals surface area contributed by atoms with Crippen molar-refractivity contribution < 1.29 is 32.6 Å². The first kappa shape index (κ1) is 25.7. The number of thioether (sulfide) groups is 1. The Kier molecular flexibility index (Phi) is 7.17. The summed E-state index contributed by atoms with van der Waals surface area (Å²) in [7, 11) is 2.63. The second kappa shape index (κ2) is 10.3. The van der Waals surface area contributed by atoms with Crippen molar-refractivity contribution in [2.24, 2.45) is 5.73 Å². The van der Waals surface area contributed by atoms with Crippen molar-refractivity contribution in [1.29, 1.82) is 5.26 Å². The topological polar surface area (TPSA) is 135 Å². The summed E-state index contributed by atoms with van der Waals surface area (Å²) in [6.45, 7) is 0. The molecule has 2 atom stereocenters. The van der Waals surface area contributed by atoms with Crippen molar-refractivity contribution in [2.45, 2.75) is 17.6 Å². The maximum Gasteiger partial charge on any atom is 0.307 e. The third kappa shape index (κ3) is 4.61. The number of allylic oxidation sites excluding steroid dienone is 1. The molecule has 0 aliphatic carbocycles. The molecule has 2 aromatic rings. The molecule has 0 spiro atoms. The average molecular weight is 527 g/mol. The molecule has 0 radical (unpaired) electrons. The van der Waals surface area contributed by atoms with Crippen LogP contribution in [0.3, 0.4) is 0 Å². The maximum absolute atomic E-state index is 15.0. The number of nitriles is 1. The van der Waals surface area contributed by atoms with Crippen LogP contribution in [0.25, 0.3) is 0 Å². The lowest BCUT2D eigenvalue weighted by Crippen LogP contribution is -2.39. The zero-order valence-electron chi connectivity index (χ0n) is 19.6. The first-order valence-electron chi connectivity index (χ1n) is 10.8. The van der Waals surface area contributed by atoms with E-state index in [1.165, 1.54) is 7.11 Å². The monoisotopic (exact) mass is 526 g/mol. The fourth-order valence-corrected chi connectivity index (χ4v) is 5.42. The number of anilines is 1. The largest absolute Gasteiger partial charge is 0.497 e. The van der Waals surface area contributed by atoms with E-state index in [2.05, 4.69) is 10.1 Å². The van der Waals surface area contributed by atoms with Crippen LogP contribution in [0.4, 0.5) is 14.5 Å². The van der Waals surface area contributed by atoms with Crippen molar-refractivity contribution >= 4 is 35.2 Å². The minimum Gasteiger partial charge on any atom is -0.497 e. The number of fused-ring (bicyclic) bond motifs is 1. The third-order valence-electron chi connectivity index (χ3n) is 5.86. The second-order valence-electron chi connectivity index (χ2n) is 7.94. The average Bonchev–Trinajstić information content (AvgIpc) is 3.20. The summed E-state index contributed by atoms with van der Waals surface area (Å²) in [5.41, 5.74) is 5.27. The van der Waals surface area contributed by atoms with E-state index in [1.807, 2.05) is 6.07 Å². The van der Waals surface area contributed by atoms with Gasteiger partial charge in [0, 0.05) is 11.3 Å². The number of hydrogen-bond donors (Lipinski definition) is 2. The minimum atomic E-state index is -1.56. The first-order chi connectivity index (χ1) is 17.7. The fourth-order valence-electron chi connectivity index (χ4n) is 4.09. The van der Waals surface area contributed by atoms with Crippen molar-refractivity contribution in [3.8, 4) is 11.8 Å². The summed E-state index contributed by atoms with van der Waals surface area (Å²) in [5, 5.41) is 11.5. The highest BCUT2D eigenvalue weighted by Crippen LogP contribution is 2.50. The molecule has 190 valence electrons. The van der Waals surface area contributed by atoms with Gasteiger partial charge in [-0.25, -0.2) is 8.78 Å². The Morgan fingerprint density at radius 3 is 2.38 bits per heavy atom. The molecule has 2 aromatic carbocycles. The summed E-state index contributed by atoms with van der Waals surface area (Å²) >= 11 is 0.832. The molecule has 1 fully saturated rings. The third-order valence-corrected chi connectivity index (χ3v) is 7.14. The lowest BCUT2D eigenvalue weighted by Gasteiger charge is -2.32. The van der Waals surface area contributed by atoms with Gasteiger partial charge in [-0.05, 0) is 36.4 Å². The van der Waals surface area contributed by atoms with E-state index in [-0.39, 0.29) is 28.4 Å². The van der Waals surface area contributed by atoms with Gasteiger partial charge in [0.25, 0.3) is 5.91 Å². The number of nitrogens with two attached hydrogens (primary N) is 1. The highest BCUT2D eigenvalue weighted by Gasteiger charge is 2.49. The standard InChI is InChI=1S/C25H20F2N4O5S/c1-35-13-8-6-12(7-9-13)30-23(33)21-19(20-15(26)4-3-5-16(20)27)14(11-28)22(29)31-24(34)17(37-25(21)31)10-18(32)36-2/h3-9,17,19H,10,29H2,1-2H3,(H,30,33)/t17-,19+/m1/s1. The van der Waals surface area contributed by atoms with Crippen molar-refractivity contribution in [3.05, 3.63) is 81.7 Å². The first-order valence-corrected chi connectivity index (χ1v) is 11.7. The predicted octanol–water partition coefficient (Wildman–Crippen LogP) is 3.12. The minimum absolute atomic E-state index is 0.0333. The molecule has 0 saturated carbocycles. The van der Waals surface area contributed by atoms with Gasteiger partial charge in [0.05, 0.1) is 48.8 Å². The number of ether oxygens (including phenoxy) is 2. The number of esters is 1. The zero-order valence-corrected chi connectivity index (χ0v) is 20.4. The van der Waals surface area contributed by atoms with Crippen LogP contribution < -0.4 is 15.8 Å². The van der Waals surface area contributed by atoms with Crippen LogP contribution in [0.15, 0.2) is 64.5 Å². The predicted molar refractivity (Wildman–Crippen MR) is 129 cm³/mol. The highest BCUT2D eigenvalue weighted by molar-refractivity contribution is 8.04. The number of methoxy groups -OCH3 is 2. The van der Waals surface area contributed by atoms with Crippen LogP contribution in [0, 0.1) is 23.0 Å². The molecule has 3 N–H and O–H groups in total. The van der Waals surface area contributed by atoms with Gasteiger partial charge >= 0.3 is 5.97 Å². The number of carbonyl (C=O) groups excluding carboxylic acids is 3. The molecule has 0 aromatic heterocycles. The Balaban J connectivity index is 1.90. The number of nitrogens with one attached hydrogen (secondary N) is 1. The van der Waals surface area contributed by atoms with Gasteiger partial charge in [-0.15, -0.1) is 0 Å². The molecule has 0 unspecified atom stereocenters. The van der Waals surface area contributed by atoms with Crippen LogP contribution in [0.1, 0.15) is 17.9 Å². The normalized spacial score (nSPS) is 18.9. The van der Waals surface area contributed by atoms with Crippen molar-refractivity contribution in [2.75, 3.05) is 19.5 Å². The van der Waals surface area contributed by atoms with E-state index in [0.717, 1.165) is 42.0 Å². The van der Waals surface area contributed by atoms with Gasteiger partial charge < -0.3 is 20.5 Å². The zero-order chi connectivity index (χ0) is 26.9. The van der Waals surface area contributed by atoms with Crippen molar-refractivity contribution in [3.63, 3.8) is 0 Å². The van der Waals surface area contributed by atoms with E-state index >= 15 is 8.78 Å². The van der Waals surface area contributed by atoms with Crippen LogP contribution in [-0.2, 0) is 19.1 Å². The Morgan fingerprint density at radius 2 is 1.81 bits per heavy atom. The van der Waals surface area contributed by atoms with Gasteiger partial charge in [-0.2, -0.15) is 5.26 Å². The smallest absolute Gasteiger partial charge is 0.307 e. The molecule has 2 aliphatic rings. The Labute approximate surface area is 214 Å². The summed E-state index contributed by atoms with van der Waals surface area (Å²) in [6, 6.07) is 11.2. The van der Waals surface area contributed by atoms with Gasteiger partial charge in [-0.3, -0.25) is 19.3 Å². The number of carbonyl (C=O) groups is 3. The quantitative estimate of drug-likeness (QED) is 0.549. The van der Waals surface area contributed by atoms with Crippen molar-refractivity contribution in [1.82, 2.24) is 4.90 Å². The number of hydrogen-bond acceptors (Lipinski definition) is 8. The van der Waals surface area contributed by atoms with Gasteiger partial charge in [0.15, 0.2) is 0 Å². The molecule has 12 heteroatoms. The van der Waals surface area contributed by atoms with Gasteiger partial charge in [0.2, 0.25) is 5.91 Å². The molecular formula is C25H20F2N4O5S. The fraction of sp³-hybridized carbons (Fsp3) is 0.200. The van der Waals surface area contributed by atoms with E-state index in [0.29, 0.717) is 11.4 Å². The summed E-state index contributed by atoms with van der Waals surface area (Å²) in [5.74, 6) is -5.60. The number of benzene rings is 2. The van der Waals surface area contributed by atoms with Crippen LogP contribution in [0.2, 0.25) is 0 Å². The molecule has 0 bridgehead atoms. The Morgan fingerprint density at radius 1 is 1.16 bits per heavy atom. The highest BCUT2D eigenvalue weighted by atomic mass is 32.2. The number of nitrogens with zero attached hydrogens (tertiary/aromatic N) is 2. The van der Waals surface area contributed by atoms with E-state index in [1.54, 1.807) is 24.3 Å². The number of rotatable bonds is 6. The lowest BCUT2D eigenvalue weighted by atomic mass is 9.82. The molecule has 37 heavy (non-hydrogen) atoms. The molecule has 4 rings (SSSR count). The van der Waals surface area contributed by atoms with E-state index < -0.39 is 46.1 Å². The van der Waals surface area contributed by atoms with Crippen LogP contribution >= 0.6 is 11.8 Å². The second-order valence-corrected chi connectivity index (χ2v) is 9.13. The number of halogens is 2. The lowest BCUT2D eigenvalue weighted by molar-refractivity contribution is -0.142. The Hall–Kier alpha value is -4.37. The van der Waals surface area contributed by atoms with Crippen LogP contribution in [0.5, 0.6) is 5.75 Å². The van der Waals surface area contributed by atoms with Crippen LogP contribution in [-0.4, -0.2) is 42.2 Å². The molecule has 1 saturated heterocycles. The van der Waals surface area contributed by atoms with Gasteiger partial charge in [0.1, 0.15) is 28.5 Å². The summed E-state index contributed by atoms with van der Waals surface area (Å²) < 4.78 is 39.8. The molecule has 2 amide bonds. The Bertz CT molecular complexity index is 1380. The molecule has 9 nitrogen and oxygen atoms in total. The SMILES string of the molecule is COC(=O)C[C@H]1SC2=C(C(=O)Nc3ccc(OC)cc3)[C@H](c3c(F)cccc3F)C(C#N)=C(N)N2C1=O. The summed E-state index contributed by atoms with van der Waals surface area (Å²) in [4.78, 5) is 39.7. The molecule has 2 heterocycles.